The lowest BCUT2D eigenvalue weighted by Gasteiger charge is -2.16. The van der Waals surface area contributed by atoms with Gasteiger partial charge < -0.3 is 5.73 Å². The van der Waals surface area contributed by atoms with Crippen molar-refractivity contribution in [3.05, 3.63) is 24.4 Å². The Balaban J connectivity index is 2.57. The Labute approximate surface area is 108 Å². The van der Waals surface area contributed by atoms with Gasteiger partial charge in [-0.2, -0.15) is 4.31 Å². The van der Waals surface area contributed by atoms with Crippen molar-refractivity contribution in [3.63, 3.8) is 0 Å². The van der Waals surface area contributed by atoms with Crippen molar-refractivity contribution in [3.8, 4) is 0 Å². The number of fused-ring (bicyclic) bond motifs is 1. The lowest BCUT2D eigenvalue weighted by atomic mass is 10.5. The summed E-state index contributed by atoms with van der Waals surface area (Å²) < 4.78 is 50.9. The van der Waals surface area contributed by atoms with Gasteiger partial charge in [-0.05, 0) is 12.1 Å². The predicted molar refractivity (Wildman–Crippen MR) is 65.4 cm³/mol. The van der Waals surface area contributed by atoms with Crippen LogP contribution < -0.4 is 5.73 Å². The van der Waals surface area contributed by atoms with E-state index in [0.29, 0.717) is 9.95 Å². The number of sulfonamides is 1. The molecule has 2 aromatic rings. The molecule has 6 nitrogen and oxygen atoms in total. The lowest BCUT2D eigenvalue weighted by Crippen LogP contribution is -2.32. The fourth-order valence-electron chi connectivity index (χ4n) is 1.69. The van der Waals surface area contributed by atoms with E-state index in [4.69, 9.17) is 5.73 Å². The van der Waals surface area contributed by atoms with Crippen molar-refractivity contribution < 1.29 is 17.2 Å². The molecule has 0 aliphatic rings. The molecule has 0 bridgehead atoms. The summed E-state index contributed by atoms with van der Waals surface area (Å²) in [7, 11) is -3.05. The topological polar surface area (TPSA) is 80.7 Å². The van der Waals surface area contributed by atoms with E-state index < -0.39 is 23.0 Å². The third-order valence-corrected chi connectivity index (χ3v) is 4.43. The SMILES string of the molecule is CN(CC(F)F)S(=O)(=O)c1c(N)nc2ccccn12. The third kappa shape index (κ3) is 2.38. The molecule has 0 saturated carbocycles. The van der Waals surface area contributed by atoms with Gasteiger partial charge in [0.15, 0.2) is 10.8 Å². The number of alkyl halides is 2. The number of halogens is 2. The largest absolute Gasteiger partial charge is 0.381 e. The van der Waals surface area contributed by atoms with Crippen molar-refractivity contribution in [2.75, 3.05) is 19.3 Å². The van der Waals surface area contributed by atoms with Crippen LogP contribution >= 0.6 is 0 Å². The third-order valence-electron chi connectivity index (χ3n) is 2.56. The number of nitrogens with two attached hydrogens (primary N) is 1. The van der Waals surface area contributed by atoms with Crippen LogP contribution in [-0.4, -0.2) is 42.1 Å². The molecule has 2 aromatic heterocycles. The molecule has 2 N–H and O–H groups in total. The van der Waals surface area contributed by atoms with Gasteiger partial charge >= 0.3 is 0 Å². The summed E-state index contributed by atoms with van der Waals surface area (Å²) in [6, 6.07) is 4.84. The monoisotopic (exact) mass is 290 g/mol. The molecule has 2 rings (SSSR count). The Morgan fingerprint density at radius 1 is 1.47 bits per heavy atom. The minimum Gasteiger partial charge on any atom is -0.381 e. The number of nitrogens with zero attached hydrogens (tertiary/aromatic N) is 3. The van der Waals surface area contributed by atoms with Crippen LogP contribution in [0.3, 0.4) is 0 Å². The molecule has 0 fully saturated rings. The van der Waals surface area contributed by atoms with Crippen LogP contribution in [0.4, 0.5) is 14.6 Å². The van der Waals surface area contributed by atoms with Gasteiger partial charge in [-0.15, -0.1) is 0 Å². The van der Waals surface area contributed by atoms with Gasteiger partial charge in [0.2, 0.25) is 0 Å². The molecule has 0 amide bonds. The van der Waals surface area contributed by atoms with Crippen LogP contribution in [0.15, 0.2) is 29.4 Å². The maximum atomic E-state index is 12.3. The van der Waals surface area contributed by atoms with E-state index in [1.807, 2.05) is 0 Å². The number of anilines is 1. The van der Waals surface area contributed by atoms with Crippen molar-refractivity contribution in [2.24, 2.45) is 0 Å². The van der Waals surface area contributed by atoms with Crippen molar-refractivity contribution in [1.82, 2.24) is 13.7 Å². The van der Waals surface area contributed by atoms with Crippen LogP contribution in [-0.2, 0) is 10.0 Å². The van der Waals surface area contributed by atoms with Crippen molar-refractivity contribution in [1.29, 1.82) is 0 Å². The Kier molecular flexibility index (Phi) is 3.42. The summed E-state index contributed by atoms with van der Waals surface area (Å²) in [5.74, 6) is -0.215. The van der Waals surface area contributed by atoms with E-state index in [9.17, 15) is 17.2 Å². The zero-order valence-corrected chi connectivity index (χ0v) is 10.8. The molecule has 0 aliphatic heterocycles. The maximum Gasteiger partial charge on any atom is 0.262 e. The minimum atomic E-state index is -4.12. The standard InChI is InChI=1S/C10H12F2N4O2S/c1-15(6-7(11)12)19(17,18)10-9(13)14-8-4-2-3-5-16(8)10/h2-5,7H,6,13H2,1H3. The normalized spacial score (nSPS) is 12.7. The van der Waals surface area contributed by atoms with Gasteiger partial charge in [-0.25, -0.2) is 22.2 Å². The number of rotatable bonds is 4. The second kappa shape index (κ2) is 4.74. The zero-order chi connectivity index (χ0) is 14.2. The highest BCUT2D eigenvalue weighted by Gasteiger charge is 2.29. The molecular weight excluding hydrogens is 278 g/mol. The van der Waals surface area contributed by atoms with Gasteiger partial charge in [-0.3, -0.25) is 4.40 Å². The van der Waals surface area contributed by atoms with E-state index in [1.165, 1.54) is 10.6 Å². The molecule has 0 aliphatic carbocycles. The fraction of sp³-hybridized carbons (Fsp3) is 0.300. The average molecular weight is 290 g/mol. The minimum absolute atomic E-state index is 0.215. The zero-order valence-electron chi connectivity index (χ0n) is 9.99. The molecular formula is C10H12F2N4O2S. The van der Waals surface area contributed by atoms with Crippen molar-refractivity contribution in [2.45, 2.75) is 11.5 Å². The first kappa shape index (κ1) is 13.7. The summed E-state index contributed by atoms with van der Waals surface area (Å²) in [6.07, 6.45) is -1.30. The number of hydrogen-bond donors (Lipinski definition) is 1. The Morgan fingerprint density at radius 3 is 2.79 bits per heavy atom. The Bertz CT molecular complexity index is 699. The highest BCUT2D eigenvalue weighted by Crippen LogP contribution is 2.23. The van der Waals surface area contributed by atoms with Crippen LogP contribution in [0.5, 0.6) is 0 Å². The van der Waals surface area contributed by atoms with Crippen LogP contribution in [0, 0.1) is 0 Å². The number of imidazole rings is 1. The molecule has 0 unspecified atom stereocenters. The molecule has 19 heavy (non-hydrogen) atoms. The number of aromatic nitrogens is 2. The molecule has 0 aromatic carbocycles. The first-order valence-electron chi connectivity index (χ1n) is 5.31. The van der Waals surface area contributed by atoms with Gasteiger partial charge in [0.1, 0.15) is 5.65 Å². The molecule has 104 valence electrons. The first-order valence-corrected chi connectivity index (χ1v) is 6.75. The quantitative estimate of drug-likeness (QED) is 0.903. The van der Waals surface area contributed by atoms with E-state index in [2.05, 4.69) is 4.98 Å². The summed E-state index contributed by atoms with van der Waals surface area (Å²) in [5.41, 5.74) is 5.92. The van der Waals surface area contributed by atoms with Crippen molar-refractivity contribution >= 4 is 21.5 Å². The summed E-state index contributed by atoms with van der Waals surface area (Å²) in [4.78, 5) is 3.89. The summed E-state index contributed by atoms with van der Waals surface area (Å²) in [6.45, 7) is -0.901. The fourth-order valence-corrected chi connectivity index (χ4v) is 3.01. The van der Waals surface area contributed by atoms with Gasteiger partial charge in [0.05, 0.1) is 6.54 Å². The van der Waals surface area contributed by atoms with Crippen LogP contribution in [0.25, 0.3) is 5.65 Å². The highest BCUT2D eigenvalue weighted by molar-refractivity contribution is 7.89. The number of pyridine rings is 1. The molecule has 0 saturated heterocycles. The molecule has 0 spiro atoms. The van der Waals surface area contributed by atoms with E-state index >= 15 is 0 Å². The molecule has 9 heteroatoms. The van der Waals surface area contributed by atoms with Gasteiger partial charge in [0.25, 0.3) is 16.4 Å². The van der Waals surface area contributed by atoms with Crippen LogP contribution in [0.1, 0.15) is 0 Å². The van der Waals surface area contributed by atoms with E-state index in [1.54, 1.807) is 18.2 Å². The maximum absolute atomic E-state index is 12.3. The summed E-state index contributed by atoms with van der Waals surface area (Å²) in [5, 5.41) is -0.300. The summed E-state index contributed by atoms with van der Waals surface area (Å²) >= 11 is 0. The molecule has 2 heterocycles. The number of hydrogen-bond acceptors (Lipinski definition) is 4. The Hall–Kier alpha value is -1.74. The lowest BCUT2D eigenvalue weighted by molar-refractivity contribution is 0.126. The Morgan fingerprint density at radius 2 is 2.16 bits per heavy atom. The second-order valence-corrected chi connectivity index (χ2v) is 5.87. The first-order chi connectivity index (χ1) is 8.84. The number of nitrogen functional groups attached to an aromatic ring is 1. The van der Waals surface area contributed by atoms with E-state index in [0.717, 1.165) is 7.05 Å². The average Bonchev–Trinajstić information content (AvgIpc) is 2.64. The highest BCUT2D eigenvalue weighted by atomic mass is 32.2. The second-order valence-electron chi connectivity index (χ2n) is 3.91. The molecule has 0 atom stereocenters. The van der Waals surface area contributed by atoms with E-state index in [-0.39, 0.29) is 10.8 Å². The van der Waals surface area contributed by atoms with Gasteiger partial charge in [0, 0.05) is 13.2 Å². The predicted octanol–water partition coefficient (Wildman–Crippen LogP) is 0.802. The van der Waals surface area contributed by atoms with Crippen LogP contribution in [0.2, 0.25) is 0 Å². The molecule has 0 radical (unpaired) electrons. The van der Waals surface area contributed by atoms with Gasteiger partial charge in [-0.1, -0.05) is 6.07 Å². The smallest absolute Gasteiger partial charge is 0.262 e.